The van der Waals surface area contributed by atoms with Crippen LogP contribution >= 0.6 is 10.5 Å². The molecule has 0 nitrogen and oxygen atoms in total. The van der Waals surface area contributed by atoms with Crippen molar-refractivity contribution in [2.45, 2.75) is 37.6 Å². The van der Waals surface area contributed by atoms with Gasteiger partial charge in [-0.1, -0.05) is 18.1 Å². The Morgan fingerprint density at radius 1 is 1.16 bits per heavy atom. The first kappa shape index (κ1) is 14.7. The molecule has 0 saturated heterocycles. The van der Waals surface area contributed by atoms with Gasteiger partial charge in [0, 0.05) is 17.4 Å². The van der Waals surface area contributed by atoms with Crippen LogP contribution in [0, 0.1) is 6.92 Å². The minimum absolute atomic E-state index is 0. The van der Waals surface area contributed by atoms with Gasteiger partial charge in [-0.3, -0.25) is 0 Å². The van der Waals surface area contributed by atoms with E-state index in [4.69, 9.17) is 0 Å². The summed E-state index contributed by atoms with van der Waals surface area (Å²) in [5.41, 5.74) is -3.12. The fraction of sp³-hybridized carbons (Fsp3) is 0.429. The van der Waals surface area contributed by atoms with E-state index in [0.29, 0.717) is 9.58 Å². The van der Waals surface area contributed by atoms with Gasteiger partial charge in [0.2, 0.25) is 0 Å². The largest absolute Gasteiger partial charge is 1.00 e. The van der Waals surface area contributed by atoms with Gasteiger partial charge in [-0.15, -0.1) is 13.2 Å². The summed E-state index contributed by atoms with van der Waals surface area (Å²) >= 11 is 0. The molecule has 0 radical (unpaired) electrons. The van der Waals surface area contributed by atoms with Crippen LogP contribution in [0.3, 0.4) is 0 Å². The lowest BCUT2D eigenvalue weighted by atomic mass is 9.84. The number of hydrogen-bond acceptors (Lipinski definition) is 0. The molecule has 1 aromatic heterocycles. The molecule has 0 aliphatic heterocycles. The van der Waals surface area contributed by atoms with E-state index in [-0.39, 0.29) is 18.3 Å². The highest BCUT2D eigenvalue weighted by molar-refractivity contribution is 7.38. The van der Waals surface area contributed by atoms with Crippen LogP contribution < -0.4 is 12.4 Å². The number of aryl methyl sites for hydroxylation is 1. The Morgan fingerprint density at radius 3 is 2.37 bits per heavy atom. The summed E-state index contributed by atoms with van der Waals surface area (Å²) < 4.78 is 40.3. The Bertz CT molecular complexity index is 596. The Hall–Kier alpha value is -0.740. The van der Waals surface area contributed by atoms with Gasteiger partial charge in [0.05, 0.1) is 10.5 Å². The van der Waals surface area contributed by atoms with Gasteiger partial charge < -0.3 is 12.4 Å². The lowest BCUT2D eigenvalue weighted by Crippen LogP contribution is -3.00. The zero-order chi connectivity index (χ0) is 12.9. The minimum atomic E-state index is -4.14. The number of thiophene rings is 1. The van der Waals surface area contributed by atoms with Gasteiger partial charge in [0.25, 0.3) is 0 Å². The van der Waals surface area contributed by atoms with Crippen LogP contribution in [0.4, 0.5) is 13.2 Å². The molecule has 2 aromatic rings. The number of alkyl halides is 3. The number of fused-ring (bicyclic) bond motifs is 1. The molecule has 0 bridgehead atoms. The van der Waals surface area contributed by atoms with Gasteiger partial charge in [-0.25, -0.2) is 0 Å². The summed E-state index contributed by atoms with van der Waals surface area (Å²) in [4.78, 5) is 0.620. The van der Waals surface area contributed by atoms with Crippen LogP contribution in [0.25, 0.3) is 10.1 Å². The third-order valence-corrected chi connectivity index (χ3v) is 5.85. The van der Waals surface area contributed by atoms with Crippen molar-refractivity contribution in [1.29, 1.82) is 0 Å². The van der Waals surface area contributed by atoms with Crippen molar-refractivity contribution in [2.75, 3.05) is 0 Å². The van der Waals surface area contributed by atoms with E-state index in [1.54, 1.807) is 18.2 Å². The van der Waals surface area contributed by atoms with Crippen molar-refractivity contribution in [2.24, 2.45) is 0 Å². The molecular weight excluding hydrogens is 293 g/mol. The van der Waals surface area contributed by atoms with Crippen molar-refractivity contribution in [3.8, 4) is 0 Å². The first-order valence-corrected chi connectivity index (χ1v) is 7.32. The first-order chi connectivity index (χ1) is 8.47. The summed E-state index contributed by atoms with van der Waals surface area (Å²) in [6, 6.07) is 7.10. The second-order valence-electron chi connectivity index (χ2n) is 4.97. The molecule has 104 valence electrons. The number of halogens is 4. The zero-order valence-corrected chi connectivity index (χ0v) is 12.0. The molecular formula is C14H14ClF3S. The highest BCUT2D eigenvalue weighted by atomic mass is 35.5. The predicted molar refractivity (Wildman–Crippen MR) is 69.1 cm³/mol. The summed E-state index contributed by atoms with van der Waals surface area (Å²) in [5, 5.41) is 0.776. The molecule has 1 unspecified atom stereocenters. The van der Waals surface area contributed by atoms with E-state index in [1.807, 2.05) is 13.0 Å². The summed E-state index contributed by atoms with van der Waals surface area (Å²) in [6.07, 6.45) is 2.89. The van der Waals surface area contributed by atoms with E-state index in [0.717, 1.165) is 30.2 Å². The SMILES string of the molecule is Cc1ccc2c(c1)cc(C1CCC1)[s+]2C(F)(F)F.[Cl-]. The van der Waals surface area contributed by atoms with Crippen LogP contribution in [-0.2, 0) is 5.51 Å². The predicted octanol–water partition coefficient (Wildman–Crippen LogP) is 2.65. The molecule has 1 heterocycles. The third kappa shape index (κ3) is 2.48. The van der Waals surface area contributed by atoms with E-state index in [1.165, 1.54) is 0 Å². The molecule has 1 aromatic carbocycles. The molecule has 0 N–H and O–H groups in total. The maximum atomic E-state index is 13.3. The molecule has 1 saturated carbocycles. The van der Waals surface area contributed by atoms with Crippen LogP contribution in [0.2, 0.25) is 0 Å². The van der Waals surface area contributed by atoms with Crippen LogP contribution in [-0.4, -0.2) is 0 Å². The van der Waals surface area contributed by atoms with E-state index < -0.39 is 16.0 Å². The third-order valence-electron chi connectivity index (χ3n) is 3.66. The van der Waals surface area contributed by atoms with Crippen molar-refractivity contribution in [3.05, 3.63) is 34.7 Å². The van der Waals surface area contributed by atoms with Crippen molar-refractivity contribution >= 4 is 20.6 Å². The van der Waals surface area contributed by atoms with Crippen LogP contribution in [0.15, 0.2) is 24.3 Å². The van der Waals surface area contributed by atoms with Gasteiger partial charge in [-0.2, -0.15) is 0 Å². The second-order valence-corrected chi connectivity index (χ2v) is 6.95. The first-order valence-electron chi connectivity index (χ1n) is 6.10. The molecule has 0 amide bonds. The Kier molecular flexibility index (Phi) is 3.85. The Labute approximate surface area is 119 Å². The molecule has 1 atom stereocenters. The average Bonchev–Trinajstić information content (AvgIpc) is 2.51. The Balaban J connectivity index is 0.00000133. The van der Waals surface area contributed by atoms with Gasteiger partial charge in [-0.05, 0) is 31.9 Å². The normalized spacial score (nSPS) is 17.2. The fourth-order valence-electron chi connectivity index (χ4n) is 2.54. The summed E-state index contributed by atoms with van der Waals surface area (Å²) in [7, 11) is -1.68. The zero-order valence-electron chi connectivity index (χ0n) is 10.4. The van der Waals surface area contributed by atoms with Crippen molar-refractivity contribution in [1.82, 2.24) is 0 Å². The topological polar surface area (TPSA) is 0 Å². The molecule has 1 fully saturated rings. The average molecular weight is 307 g/mol. The molecule has 3 rings (SSSR count). The number of benzene rings is 1. The van der Waals surface area contributed by atoms with Gasteiger partial charge in [0.15, 0.2) is 9.58 Å². The lowest BCUT2D eigenvalue weighted by Gasteiger charge is -2.21. The number of hydrogen-bond donors (Lipinski definition) is 0. The van der Waals surface area contributed by atoms with E-state index >= 15 is 0 Å². The van der Waals surface area contributed by atoms with Crippen LogP contribution in [0.5, 0.6) is 0 Å². The lowest BCUT2D eigenvalue weighted by molar-refractivity contribution is -0.0868. The minimum Gasteiger partial charge on any atom is -1.00 e. The van der Waals surface area contributed by atoms with Crippen molar-refractivity contribution < 1.29 is 25.6 Å². The number of rotatable bonds is 1. The molecule has 1 aliphatic rings. The molecule has 0 spiro atoms. The fourth-order valence-corrected chi connectivity index (χ4v) is 4.68. The van der Waals surface area contributed by atoms with E-state index in [2.05, 4.69) is 0 Å². The van der Waals surface area contributed by atoms with Crippen molar-refractivity contribution in [3.63, 3.8) is 0 Å². The van der Waals surface area contributed by atoms with Crippen LogP contribution in [0.1, 0.15) is 35.6 Å². The van der Waals surface area contributed by atoms with Gasteiger partial charge >= 0.3 is 5.51 Å². The molecule has 19 heavy (non-hydrogen) atoms. The quantitative estimate of drug-likeness (QED) is 0.711. The maximum absolute atomic E-state index is 13.3. The highest BCUT2D eigenvalue weighted by Crippen LogP contribution is 2.56. The van der Waals surface area contributed by atoms with E-state index in [9.17, 15) is 13.2 Å². The monoisotopic (exact) mass is 306 g/mol. The standard InChI is InChI=1S/C14H14F3S.ClH/c1-9-5-6-12-11(7-9)8-13(10-3-2-4-10)18(12)14(15,16)17;/h5-8,10H,2-4H2,1H3;1H/q+1;/p-1. The smallest absolute Gasteiger partial charge is 0.600 e. The highest BCUT2D eigenvalue weighted by Gasteiger charge is 2.50. The second kappa shape index (κ2) is 4.98. The summed E-state index contributed by atoms with van der Waals surface area (Å²) in [6.45, 7) is 1.92. The molecule has 1 aliphatic carbocycles. The Morgan fingerprint density at radius 2 is 1.84 bits per heavy atom. The summed E-state index contributed by atoms with van der Waals surface area (Å²) in [5.74, 6) is 0.155. The molecule has 5 heteroatoms. The maximum Gasteiger partial charge on any atom is 0.600 e. The van der Waals surface area contributed by atoms with Gasteiger partial charge in [0.1, 0.15) is 0 Å².